The molecule has 8 heteroatoms. The Morgan fingerprint density at radius 1 is 1.32 bits per heavy atom. The number of rotatable bonds is 7. The molecule has 3 N–H and O–H groups in total. The summed E-state index contributed by atoms with van der Waals surface area (Å²) in [7, 11) is 1.84. The SMILES string of the molecule is CCNC(=NCc1ccc(CC)s1)NCC(C)(O)c1cnn(C)c1.I. The van der Waals surface area contributed by atoms with Crippen LogP contribution in [0.15, 0.2) is 29.5 Å². The number of aromatic nitrogens is 2. The highest BCUT2D eigenvalue weighted by molar-refractivity contribution is 14.0. The smallest absolute Gasteiger partial charge is 0.191 e. The zero-order valence-corrected chi connectivity index (χ0v) is 18.4. The van der Waals surface area contributed by atoms with E-state index in [-0.39, 0.29) is 24.0 Å². The maximum atomic E-state index is 10.6. The van der Waals surface area contributed by atoms with Crippen molar-refractivity contribution in [3.63, 3.8) is 0 Å². The van der Waals surface area contributed by atoms with Gasteiger partial charge in [0.05, 0.1) is 19.3 Å². The van der Waals surface area contributed by atoms with E-state index in [2.05, 4.69) is 39.8 Å². The van der Waals surface area contributed by atoms with E-state index in [4.69, 9.17) is 0 Å². The van der Waals surface area contributed by atoms with Crippen LogP contribution in [0.2, 0.25) is 0 Å². The fourth-order valence-corrected chi connectivity index (χ4v) is 3.14. The van der Waals surface area contributed by atoms with Gasteiger partial charge in [0.25, 0.3) is 0 Å². The largest absolute Gasteiger partial charge is 0.383 e. The van der Waals surface area contributed by atoms with Gasteiger partial charge < -0.3 is 15.7 Å². The lowest BCUT2D eigenvalue weighted by atomic mass is 10.00. The first-order valence-corrected chi connectivity index (χ1v) is 9.07. The molecule has 2 rings (SSSR count). The topological polar surface area (TPSA) is 74.5 Å². The first kappa shape index (κ1) is 21.9. The first-order chi connectivity index (χ1) is 11.4. The summed E-state index contributed by atoms with van der Waals surface area (Å²) in [6, 6.07) is 4.28. The Morgan fingerprint density at radius 3 is 2.60 bits per heavy atom. The molecule has 0 saturated carbocycles. The Hall–Kier alpha value is -1.13. The van der Waals surface area contributed by atoms with E-state index in [0.29, 0.717) is 19.0 Å². The maximum absolute atomic E-state index is 10.6. The molecule has 0 bridgehead atoms. The second-order valence-electron chi connectivity index (χ2n) is 5.95. The van der Waals surface area contributed by atoms with Gasteiger partial charge in [0, 0.05) is 35.1 Å². The third-order valence-corrected chi connectivity index (χ3v) is 4.94. The van der Waals surface area contributed by atoms with Crippen LogP contribution in [-0.4, -0.2) is 33.9 Å². The minimum absolute atomic E-state index is 0. The highest BCUT2D eigenvalue weighted by atomic mass is 127. The van der Waals surface area contributed by atoms with Gasteiger partial charge in [-0.15, -0.1) is 35.3 Å². The van der Waals surface area contributed by atoms with Gasteiger partial charge >= 0.3 is 0 Å². The summed E-state index contributed by atoms with van der Waals surface area (Å²) in [5.74, 6) is 0.702. The quantitative estimate of drug-likeness (QED) is 0.326. The number of guanidine groups is 1. The summed E-state index contributed by atoms with van der Waals surface area (Å²) in [5.41, 5.74) is -0.234. The van der Waals surface area contributed by atoms with Crippen molar-refractivity contribution in [3.05, 3.63) is 39.8 Å². The molecule has 0 aromatic carbocycles. The third-order valence-electron chi connectivity index (χ3n) is 3.73. The van der Waals surface area contributed by atoms with Crippen molar-refractivity contribution < 1.29 is 5.11 Å². The molecular formula is C17H28IN5OS. The van der Waals surface area contributed by atoms with Crippen LogP contribution < -0.4 is 10.6 Å². The fourth-order valence-electron chi connectivity index (χ4n) is 2.25. The molecule has 0 amide bonds. The minimum atomic E-state index is -1.01. The standard InChI is InChI=1S/C17H27N5OS.HI/c1-5-14-7-8-15(24-14)10-19-16(18-6-2)20-12-17(3,23)13-9-21-22(4)11-13;/h7-9,11,23H,5-6,10,12H2,1-4H3,(H2,18,19,20);1H. The second kappa shape index (κ2) is 10.1. The Morgan fingerprint density at radius 2 is 2.04 bits per heavy atom. The van der Waals surface area contributed by atoms with Gasteiger partial charge in [-0.1, -0.05) is 6.92 Å². The van der Waals surface area contributed by atoms with Crippen molar-refractivity contribution in [2.45, 2.75) is 39.3 Å². The van der Waals surface area contributed by atoms with E-state index in [1.807, 2.05) is 20.2 Å². The molecule has 25 heavy (non-hydrogen) atoms. The van der Waals surface area contributed by atoms with Crippen LogP contribution in [0.4, 0.5) is 0 Å². The molecule has 2 heterocycles. The molecule has 2 aromatic heterocycles. The average molecular weight is 477 g/mol. The summed E-state index contributed by atoms with van der Waals surface area (Å²) < 4.78 is 1.69. The summed E-state index contributed by atoms with van der Waals surface area (Å²) in [5, 5.41) is 21.2. The van der Waals surface area contributed by atoms with Gasteiger partial charge in [0.2, 0.25) is 0 Å². The molecule has 0 saturated heterocycles. The van der Waals surface area contributed by atoms with E-state index in [9.17, 15) is 5.11 Å². The molecule has 1 unspecified atom stereocenters. The Bertz CT molecular complexity index is 680. The number of hydrogen-bond acceptors (Lipinski definition) is 4. The van der Waals surface area contributed by atoms with Crippen molar-refractivity contribution in [1.29, 1.82) is 0 Å². The van der Waals surface area contributed by atoms with Gasteiger partial charge in [0.1, 0.15) is 5.60 Å². The van der Waals surface area contributed by atoms with E-state index in [1.165, 1.54) is 9.75 Å². The predicted molar refractivity (Wildman–Crippen MR) is 115 cm³/mol. The zero-order chi connectivity index (χ0) is 17.6. The van der Waals surface area contributed by atoms with Crippen molar-refractivity contribution >= 4 is 41.3 Å². The lowest BCUT2D eigenvalue weighted by Gasteiger charge is -2.23. The highest BCUT2D eigenvalue weighted by Crippen LogP contribution is 2.19. The molecular weight excluding hydrogens is 449 g/mol. The molecule has 2 aromatic rings. The van der Waals surface area contributed by atoms with Gasteiger partial charge in [0.15, 0.2) is 5.96 Å². The molecule has 0 fully saturated rings. The van der Waals surface area contributed by atoms with E-state index < -0.39 is 5.60 Å². The van der Waals surface area contributed by atoms with Crippen LogP contribution in [0, 0.1) is 0 Å². The number of hydrogen-bond donors (Lipinski definition) is 3. The zero-order valence-electron chi connectivity index (χ0n) is 15.2. The third kappa shape index (κ3) is 6.59. The lowest BCUT2D eigenvalue weighted by molar-refractivity contribution is 0.0616. The number of aliphatic imine (C=N–C) groups is 1. The number of aryl methyl sites for hydroxylation is 2. The van der Waals surface area contributed by atoms with Gasteiger partial charge in [-0.2, -0.15) is 5.10 Å². The van der Waals surface area contributed by atoms with Crippen LogP contribution in [0.25, 0.3) is 0 Å². The predicted octanol–water partition coefficient (Wildman–Crippen LogP) is 2.62. The molecule has 140 valence electrons. The van der Waals surface area contributed by atoms with Crippen LogP contribution in [0.5, 0.6) is 0 Å². The number of nitrogens with zero attached hydrogens (tertiary/aromatic N) is 3. The molecule has 0 aliphatic rings. The Kier molecular flexibility index (Phi) is 8.87. The molecule has 1 atom stereocenters. The normalized spacial score (nSPS) is 13.9. The fraction of sp³-hybridized carbons (Fsp3) is 0.529. The van der Waals surface area contributed by atoms with Crippen LogP contribution in [0.3, 0.4) is 0 Å². The number of thiophene rings is 1. The average Bonchev–Trinajstić information content (AvgIpc) is 3.19. The van der Waals surface area contributed by atoms with Gasteiger partial charge in [-0.25, -0.2) is 4.99 Å². The van der Waals surface area contributed by atoms with E-state index in [0.717, 1.165) is 18.5 Å². The van der Waals surface area contributed by atoms with Crippen LogP contribution in [-0.2, 0) is 25.6 Å². The summed E-state index contributed by atoms with van der Waals surface area (Å²) in [6.45, 7) is 7.71. The molecule has 6 nitrogen and oxygen atoms in total. The Balaban J connectivity index is 0.00000312. The van der Waals surface area contributed by atoms with Crippen molar-refractivity contribution in [2.24, 2.45) is 12.0 Å². The lowest BCUT2D eigenvalue weighted by Crippen LogP contribution is -2.44. The summed E-state index contributed by atoms with van der Waals surface area (Å²) in [6.07, 6.45) is 4.56. The first-order valence-electron chi connectivity index (χ1n) is 8.26. The Labute approximate surface area is 170 Å². The minimum Gasteiger partial charge on any atom is -0.383 e. The van der Waals surface area contributed by atoms with Crippen molar-refractivity contribution in [1.82, 2.24) is 20.4 Å². The molecule has 0 spiro atoms. The van der Waals surface area contributed by atoms with E-state index in [1.54, 1.807) is 29.1 Å². The number of aliphatic hydroxyl groups is 1. The monoisotopic (exact) mass is 477 g/mol. The highest BCUT2D eigenvalue weighted by Gasteiger charge is 2.24. The van der Waals surface area contributed by atoms with Crippen LogP contribution in [0.1, 0.15) is 36.1 Å². The number of halogens is 1. The number of nitrogens with one attached hydrogen (secondary N) is 2. The molecule has 0 aliphatic carbocycles. The van der Waals surface area contributed by atoms with Crippen molar-refractivity contribution in [3.8, 4) is 0 Å². The maximum Gasteiger partial charge on any atom is 0.191 e. The summed E-state index contributed by atoms with van der Waals surface area (Å²) >= 11 is 1.79. The molecule has 0 radical (unpaired) electrons. The van der Waals surface area contributed by atoms with Gasteiger partial charge in [-0.3, -0.25) is 4.68 Å². The van der Waals surface area contributed by atoms with Gasteiger partial charge in [-0.05, 0) is 32.4 Å². The molecule has 0 aliphatic heterocycles. The van der Waals surface area contributed by atoms with Crippen molar-refractivity contribution in [2.75, 3.05) is 13.1 Å². The second-order valence-corrected chi connectivity index (χ2v) is 7.20. The van der Waals surface area contributed by atoms with Crippen LogP contribution >= 0.6 is 35.3 Å². The summed E-state index contributed by atoms with van der Waals surface area (Å²) in [4.78, 5) is 7.22. The van der Waals surface area contributed by atoms with E-state index >= 15 is 0 Å².